The van der Waals surface area contributed by atoms with E-state index in [2.05, 4.69) is 27.0 Å². The second-order valence-corrected chi connectivity index (χ2v) is 14.3. The van der Waals surface area contributed by atoms with Crippen LogP contribution in [0.2, 0.25) is 0 Å². The molecule has 4 N–H and O–H groups in total. The number of aliphatic hydroxyl groups excluding tert-OH is 1. The number of oxazole rings is 1. The first-order chi connectivity index (χ1) is 25.1. The van der Waals surface area contributed by atoms with Gasteiger partial charge in [0.15, 0.2) is 18.8 Å². The number of alkyl carbamates (subject to hydrolysis) is 1. The fourth-order valence-electron chi connectivity index (χ4n) is 6.12. The summed E-state index contributed by atoms with van der Waals surface area (Å²) in [6.45, 7) is 3.93. The van der Waals surface area contributed by atoms with Crippen molar-refractivity contribution >= 4 is 34.9 Å². The lowest BCUT2D eigenvalue weighted by Crippen LogP contribution is -2.55. The summed E-state index contributed by atoms with van der Waals surface area (Å²) < 4.78 is 10.5. The third-order valence-corrected chi connectivity index (χ3v) is 9.90. The van der Waals surface area contributed by atoms with Gasteiger partial charge in [-0.1, -0.05) is 80.6 Å². The molecule has 2 aromatic carbocycles. The van der Waals surface area contributed by atoms with E-state index < -0.39 is 30.3 Å². The molecule has 52 heavy (non-hydrogen) atoms. The summed E-state index contributed by atoms with van der Waals surface area (Å²) in [5.74, 6) is -0.215. The van der Waals surface area contributed by atoms with Gasteiger partial charge in [-0.3, -0.25) is 4.79 Å². The second-order valence-electron chi connectivity index (χ2n) is 13.5. The zero-order chi connectivity index (χ0) is 36.9. The first-order valence-electron chi connectivity index (χ1n) is 17.7. The van der Waals surface area contributed by atoms with E-state index in [1.807, 2.05) is 79.9 Å². The molecule has 4 amide bonds. The van der Waals surface area contributed by atoms with Crippen LogP contribution in [-0.4, -0.2) is 69.3 Å². The van der Waals surface area contributed by atoms with E-state index >= 15 is 0 Å². The molecule has 0 spiro atoms. The number of nitrogens with zero attached hydrogens (tertiary/aromatic N) is 3. The topological polar surface area (TPSA) is 159 Å². The molecule has 13 heteroatoms. The SMILES string of the molecule is CC(C)[C@H](NC(=O)N(C)Cc1csc(C2=CCCC2)n1)C(=O)N[C@@H](Cc1ccccc1)C[C@H](O)[C@H](Cc1ccccc1)NC(=O)OCc1cnco1. The number of hydrogen-bond donors (Lipinski definition) is 4. The summed E-state index contributed by atoms with van der Waals surface area (Å²) in [5, 5.41) is 23.5. The molecule has 0 saturated heterocycles. The molecule has 4 aromatic rings. The van der Waals surface area contributed by atoms with Crippen molar-refractivity contribution in [1.29, 1.82) is 0 Å². The van der Waals surface area contributed by atoms with Gasteiger partial charge in [-0.25, -0.2) is 19.6 Å². The van der Waals surface area contributed by atoms with Crippen LogP contribution in [-0.2, 0) is 35.5 Å². The first kappa shape index (κ1) is 38.2. The minimum absolute atomic E-state index is 0.113. The summed E-state index contributed by atoms with van der Waals surface area (Å²) in [5.41, 5.74) is 3.93. The van der Waals surface area contributed by atoms with Crippen LogP contribution in [0.15, 0.2) is 89.1 Å². The number of allylic oxidation sites excluding steroid dienone is 2. The van der Waals surface area contributed by atoms with E-state index in [-0.39, 0.29) is 30.9 Å². The average Bonchev–Trinajstić information content (AvgIpc) is 3.94. The van der Waals surface area contributed by atoms with Crippen LogP contribution in [0.25, 0.3) is 5.57 Å². The summed E-state index contributed by atoms with van der Waals surface area (Å²) in [6, 6.07) is 16.6. The molecule has 0 aliphatic heterocycles. The number of hydrogen-bond acceptors (Lipinski definition) is 9. The van der Waals surface area contributed by atoms with Gasteiger partial charge >= 0.3 is 12.1 Å². The second kappa shape index (κ2) is 19.0. The Kier molecular flexibility index (Phi) is 14.0. The van der Waals surface area contributed by atoms with Crippen molar-refractivity contribution in [3.05, 3.63) is 112 Å². The summed E-state index contributed by atoms with van der Waals surface area (Å²) in [4.78, 5) is 50.3. The molecular formula is C39H48N6O6S. The average molecular weight is 729 g/mol. The lowest BCUT2D eigenvalue weighted by atomic mass is 9.93. The van der Waals surface area contributed by atoms with Crippen molar-refractivity contribution in [2.75, 3.05) is 7.05 Å². The maximum atomic E-state index is 13.9. The van der Waals surface area contributed by atoms with Crippen molar-refractivity contribution in [2.24, 2.45) is 5.92 Å². The molecule has 0 radical (unpaired) electrons. The van der Waals surface area contributed by atoms with Gasteiger partial charge in [0.25, 0.3) is 0 Å². The number of urea groups is 1. The predicted molar refractivity (Wildman–Crippen MR) is 199 cm³/mol. The molecule has 0 bridgehead atoms. The Morgan fingerprint density at radius 2 is 1.71 bits per heavy atom. The Morgan fingerprint density at radius 1 is 1.00 bits per heavy atom. The van der Waals surface area contributed by atoms with E-state index in [1.165, 1.54) is 23.1 Å². The van der Waals surface area contributed by atoms with Crippen LogP contribution < -0.4 is 16.0 Å². The molecule has 4 atom stereocenters. The van der Waals surface area contributed by atoms with Crippen LogP contribution in [0.4, 0.5) is 9.59 Å². The zero-order valence-electron chi connectivity index (χ0n) is 29.9. The molecular weight excluding hydrogens is 681 g/mol. The van der Waals surface area contributed by atoms with Gasteiger partial charge in [0.1, 0.15) is 11.0 Å². The Morgan fingerprint density at radius 3 is 2.35 bits per heavy atom. The Hall–Kier alpha value is -5.01. The van der Waals surface area contributed by atoms with Gasteiger partial charge in [0, 0.05) is 18.5 Å². The van der Waals surface area contributed by atoms with E-state index in [0.29, 0.717) is 25.1 Å². The molecule has 0 unspecified atom stereocenters. The predicted octanol–water partition coefficient (Wildman–Crippen LogP) is 5.88. The van der Waals surface area contributed by atoms with Crippen LogP contribution in [0, 0.1) is 5.92 Å². The van der Waals surface area contributed by atoms with Crippen molar-refractivity contribution < 1.29 is 28.6 Å². The monoisotopic (exact) mass is 728 g/mol. The minimum atomic E-state index is -1.08. The van der Waals surface area contributed by atoms with Crippen molar-refractivity contribution in [2.45, 2.75) is 89.8 Å². The van der Waals surface area contributed by atoms with Gasteiger partial charge in [0.2, 0.25) is 5.91 Å². The van der Waals surface area contributed by atoms with E-state index in [9.17, 15) is 19.5 Å². The molecule has 2 aromatic heterocycles. The van der Waals surface area contributed by atoms with Crippen molar-refractivity contribution in [3.8, 4) is 0 Å². The highest BCUT2D eigenvalue weighted by molar-refractivity contribution is 7.10. The molecule has 0 saturated carbocycles. The van der Waals surface area contributed by atoms with Crippen molar-refractivity contribution in [3.63, 3.8) is 0 Å². The molecule has 1 aliphatic carbocycles. The zero-order valence-corrected chi connectivity index (χ0v) is 30.7. The number of nitrogens with one attached hydrogen (secondary N) is 3. The van der Waals surface area contributed by atoms with E-state index in [0.717, 1.165) is 41.1 Å². The third-order valence-electron chi connectivity index (χ3n) is 8.93. The molecule has 276 valence electrons. The van der Waals surface area contributed by atoms with Gasteiger partial charge in [0.05, 0.1) is 30.6 Å². The van der Waals surface area contributed by atoms with Gasteiger partial charge in [-0.15, -0.1) is 11.3 Å². The van der Waals surface area contributed by atoms with Gasteiger partial charge in [-0.05, 0) is 61.1 Å². The van der Waals surface area contributed by atoms with Gasteiger partial charge < -0.3 is 35.1 Å². The number of carbonyl (C=O) groups is 3. The van der Waals surface area contributed by atoms with Crippen LogP contribution in [0.5, 0.6) is 0 Å². The summed E-state index contributed by atoms with van der Waals surface area (Å²) in [6.07, 6.45) is 7.22. The quantitative estimate of drug-likeness (QED) is 0.105. The maximum Gasteiger partial charge on any atom is 0.407 e. The normalized spacial score (nSPS) is 14.9. The maximum absolute atomic E-state index is 13.9. The number of benzene rings is 2. The number of amides is 4. The number of aromatic nitrogens is 2. The Labute approximate surface area is 308 Å². The third kappa shape index (κ3) is 11.5. The highest BCUT2D eigenvalue weighted by Gasteiger charge is 2.31. The Balaban J connectivity index is 1.26. The fourth-order valence-corrected chi connectivity index (χ4v) is 7.00. The number of rotatable bonds is 17. The standard InChI is InChI=1S/C39H48N6O6S/c1-26(2)35(44-38(48)45(3)22-31-24-52-37(42-31)29-16-10-11-17-29)36(47)41-30(18-27-12-6-4-7-13-27)20-34(46)33(19-28-14-8-5-9-15-28)43-39(49)50-23-32-21-40-25-51-32/h4-9,12-16,21,24-26,30,33-35,46H,10-11,17-20,22-23H2,1-3H3,(H,41,47)(H,43,49)(H,44,48)/t30-,33-,34-,35-/m0/s1. The summed E-state index contributed by atoms with van der Waals surface area (Å²) in [7, 11) is 1.68. The van der Waals surface area contributed by atoms with Crippen LogP contribution >= 0.6 is 11.3 Å². The summed E-state index contributed by atoms with van der Waals surface area (Å²) >= 11 is 1.58. The van der Waals surface area contributed by atoms with Crippen LogP contribution in [0.3, 0.4) is 0 Å². The van der Waals surface area contributed by atoms with Crippen LogP contribution in [0.1, 0.15) is 67.1 Å². The number of thiazole rings is 1. The lowest BCUT2D eigenvalue weighted by molar-refractivity contribution is -0.124. The highest BCUT2D eigenvalue weighted by Crippen LogP contribution is 2.30. The lowest BCUT2D eigenvalue weighted by Gasteiger charge is -2.30. The minimum Gasteiger partial charge on any atom is -0.445 e. The fraction of sp³-hybridized carbons (Fsp3) is 0.410. The van der Waals surface area contributed by atoms with Crippen molar-refractivity contribution in [1.82, 2.24) is 30.8 Å². The van der Waals surface area contributed by atoms with Gasteiger partial charge in [-0.2, -0.15) is 0 Å². The first-order valence-corrected chi connectivity index (χ1v) is 18.5. The molecule has 2 heterocycles. The number of ether oxygens (including phenoxy) is 1. The molecule has 12 nitrogen and oxygen atoms in total. The Bertz CT molecular complexity index is 1750. The van der Waals surface area contributed by atoms with E-state index in [4.69, 9.17) is 14.1 Å². The number of carbonyl (C=O) groups excluding carboxylic acids is 3. The molecule has 0 fully saturated rings. The highest BCUT2D eigenvalue weighted by atomic mass is 32.1. The number of aliphatic hydroxyl groups is 1. The molecule has 1 aliphatic rings. The molecule has 5 rings (SSSR count). The largest absolute Gasteiger partial charge is 0.445 e. The van der Waals surface area contributed by atoms with E-state index in [1.54, 1.807) is 18.4 Å². The smallest absolute Gasteiger partial charge is 0.407 e.